The van der Waals surface area contributed by atoms with Gasteiger partial charge in [-0.25, -0.2) is 0 Å². The van der Waals surface area contributed by atoms with Gasteiger partial charge in [0, 0.05) is 33.4 Å². The lowest BCUT2D eigenvalue weighted by molar-refractivity contribution is 0.207. The molecule has 0 radical (unpaired) electrons. The van der Waals surface area contributed by atoms with E-state index >= 15 is 0 Å². The van der Waals surface area contributed by atoms with Crippen molar-refractivity contribution in [3.63, 3.8) is 0 Å². The summed E-state index contributed by atoms with van der Waals surface area (Å²) in [6.45, 7) is 47.7. The third-order valence-electron chi connectivity index (χ3n) is 14.8. The summed E-state index contributed by atoms with van der Waals surface area (Å²) in [6.07, 6.45) is 4.73. The van der Waals surface area contributed by atoms with Crippen molar-refractivity contribution in [2.75, 3.05) is 6.61 Å². The van der Waals surface area contributed by atoms with E-state index in [1.807, 2.05) is 24.3 Å². The Morgan fingerprint density at radius 3 is 1.08 bits per heavy atom. The molecule has 4 nitrogen and oxygen atoms in total. The zero-order chi connectivity index (χ0) is 55.1. The Morgan fingerprint density at radius 2 is 0.703 bits per heavy atom. The van der Waals surface area contributed by atoms with Crippen LogP contribution in [0.3, 0.4) is 0 Å². The van der Waals surface area contributed by atoms with Gasteiger partial charge in [-0.05, 0) is 177 Å². The topological polar surface area (TPSA) is 58.9 Å². The van der Waals surface area contributed by atoms with E-state index in [4.69, 9.17) is 9.47 Å². The van der Waals surface area contributed by atoms with Gasteiger partial charge in [-0.1, -0.05) is 186 Å². The smallest absolute Gasteiger partial charge is 0.135 e. The van der Waals surface area contributed by atoms with Crippen LogP contribution >= 0.6 is 0 Å². The number of hydrogen-bond donors (Lipinski definition) is 2. The van der Waals surface area contributed by atoms with Crippen molar-refractivity contribution in [3.05, 3.63) is 142 Å². The lowest BCUT2D eigenvalue weighted by Gasteiger charge is -2.28. The van der Waals surface area contributed by atoms with Crippen molar-refractivity contribution < 1.29 is 19.7 Å². The molecule has 0 spiro atoms. The molecular formula is C70H94O4. The highest BCUT2D eigenvalue weighted by Gasteiger charge is 2.28. The molecule has 398 valence electrons. The molecule has 0 amide bonds. The average molecular weight is 1000 g/mol. The number of aromatic hydroxyl groups is 2. The summed E-state index contributed by atoms with van der Waals surface area (Å²) in [5.41, 5.74) is 17.1. The van der Waals surface area contributed by atoms with E-state index in [9.17, 15) is 10.2 Å². The van der Waals surface area contributed by atoms with Gasteiger partial charge in [-0.15, -0.1) is 0 Å². The molecule has 1 atom stereocenters. The Labute approximate surface area is 449 Å². The van der Waals surface area contributed by atoms with Crippen molar-refractivity contribution in [2.45, 2.75) is 216 Å². The summed E-state index contributed by atoms with van der Waals surface area (Å²) in [7, 11) is 0. The zero-order valence-corrected chi connectivity index (χ0v) is 49.8. The Balaban J connectivity index is 1.29. The first-order chi connectivity index (χ1) is 34.0. The molecule has 74 heavy (non-hydrogen) atoms. The minimum absolute atomic E-state index is 0.0501. The quantitative estimate of drug-likeness (QED) is 0.107. The molecule has 4 heteroatoms. The number of aryl methyl sites for hydroxylation is 2. The Morgan fingerprint density at radius 1 is 0.365 bits per heavy atom. The van der Waals surface area contributed by atoms with E-state index in [0.717, 1.165) is 110 Å². The van der Waals surface area contributed by atoms with Gasteiger partial charge in [0.15, 0.2) is 0 Å². The van der Waals surface area contributed by atoms with Gasteiger partial charge in [-0.3, -0.25) is 0 Å². The van der Waals surface area contributed by atoms with Crippen molar-refractivity contribution in [2.24, 2.45) is 0 Å². The van der Waals surface area contributed by atoms with E-state index in [2.05, 4.69) is 218 Å². The Bertz CT molecular complexity index is 2870. The molecule has 0 aliphatic heterocycles. The van der Waals surface area contributed by atoms with E-state index in [-0.39, 0.29) is 50.1 Å². The Hall–Kier alpha value is -5.48. The lowest BCUT2D eigenvalue weighted by atomic mass is 9.78. The summed E-state index contributed by atoms with van der Waals surface area (Å²) >= 11 is 0. The van der Waals surface area contributed by atoms with Crippen LogP contribution in [-0.4, -0.2) is 22.9 Å². The molecule has 0 saturated carbocycles. The lowest BCUT2D eigenvalue weighted by Crippen LogP contribution is -2.17. The number of hydrogen-bond acceptors (Lipinski definition) is 4. The second-order valence-electron chi connectivity index (χ2n) is 27.9. The van der Waals surface area contributed by atoms with Gasteiger partial charge >= 0.3 is 0 Å². The van der Waals surface area contributed by atoms with Crippen molar-refractivity contribution in [1.29, 1.82) is 0 Å². The van der Waals surface area contributed by atoms with Crippen LogP contribution in [0.4, 0.5) is 0 Å². The van der Waals surface area contributed by atoms with E-state index in [0.29, 0.717) is 6.61 Å². The molecule has 0 aliphatic carbocycles. The maximum absolute atomic E-state index is 11.6. The SMILES string of the molecule is Cc1cc(-c2cc(C(C)(C)C)cc(C(C)(C)C)c2)c(OCCCCCC[C@H](C)Oc2c(-c3cc(C(C)(C)C)cc(C(C)(C)C)c3)cc(C)cc2-c2cc(C(C)(C)C)ccc2O)c(-c2cc(C(C)(C)C)ccc2O)c1. The molecule has 0 aliphatic rings. The second-order valence-corrected chi connectivity index (χ2v) is 27.9. The molecule has 6 rings (SSSR count). The van der Waals surface area contributed by atoms with Crippen molar-refractivity contribution in [3.8, 4) is 67.5 Å². The van der Waals surface area contributed by atoms with Crippen LogP contribution in [0.1, 0.15) is 208 Å². The first-order valence-corrected chi connectivity index (χ1v) is 27.6. The molecule has 0 heterocycles. The average Bonchev–Trinajstić information content (AvgIpc) is 3.27. The van der Waals surface area contributed by atoms with Crippen LogP contribution in [0, 0.1) is 13.8 Å². The van der Waals surface area contributed by atoms with Gasteiger partial charge in [0.05, 0.1) is 12.7 Å². The summed E-state index contributed by atoms with van der Waals surface area (Å²) in [5.74, 6) is 2.13. The van der Waals surface area contributed by atoms with Gasteiger partial charge in [0.1, 0.15) is 23.0 Å². The van der Waals surface area contributed by atoms with E-state index < -0.39 is 0 Å². The largest absolute Gasteiger partial charge is 0.507 e. The fourth-order valence-electron chi connectivity index (χ4n) is 9.71. The summed E-state index contributed by atoms with van der Waals surface area (Å²) in [4.78, 5) is 0. The highest BCUT2D eigenvalue weighted by Crippen LogP contribution is 2.48. The third-order valence-corrected chi connectivity index (χ3v) is 14.8. The van der Waals surface area contributed by atoms with Crippen LogP contribution in [0.15, 0.2) is 97.1 Å². The summed E-state index contributed by atoms with van der Waals surface area (Å²) < 4.78 is 14.3. The van der Waals surface area contributed by atoms with Gasteiger partial charge < -0.3 is 19.7 Å². The molecular weight excluding hydrogens is 905 g/mol. The molecule has 2 N–H and O–H groups in total. The van der Waals surface area contributed by atoms with Gasteiger partial charge in [0.2, 0.25) is 0 Å². The number of phenolic OH excluding ortho intramolecular Hbond substituents is 2. The zero-order valence-electron chi connectivity index (χ0n) is 49.8. The minimum atomic E-state index is -0.100. The fraction of sp³-hybridized carbons (Fsp3) is 0.486. The van der Waals surface area contributed by atoms with Crippen LogP contribution < -0.4 is 9.47 Å². The van der Waals surface area contributed by atoms with Crippen molar-refractivity contribution >= 4 is 0 Å². The first-order valence-electron chi connectivity index (χ1n) is 27.6. The number of rotatable bonds is 14. The van der Waals surface area contributed by atoms with Crippen LogP contribution in [-0.2, 0) is 32.5 Å². The normalized spacial score (nSPS) is 13.3. The van der Waals surface area contributed by atoms with Gasteiger partial charge in [0.25, 0.3) is 0 Å². The molecule has 0 fully saturated rings. The molecule has 0 bridgehead atoms. The maximum Gasteiger partial charge on any atom is 0.135 e. The van der Waals surface area contributed by atoms with Crippen molar-refractivity contribution in [1.82, 2.24) is 0 Å². The standard InChI is InChI=1S/C70H94O4/c1-44-32-55(47-36-51(67(10,11)12)40-52(37-47)68(13,14)15)63(59(34-44)57-42-49(65(4,5)6)27-29-61(57)71)73-31-25-23-22-24-26-46(3)74-64-56(48-38-53(69(16,17)18)41-54(39-48)70(19,20)21)33-45(2)35-60(64)58-43-50(66(7,8)9)28-30-62(58)72/h27-30,32-43,46,71-72H,22-26,31H2,1-21H3/t46-/m0/s1. The highest BCUT2D eigenvalue weighted by atomic mass is 16.5. The Kier molecular flexibility index (Phi) is 16.9. The second kappa shape index (κ2) is 21.6. The predicted molar refractivity (Wildman–Crippen MR) is 318 cm³/mol. The van der Waals surface area contributed by atoms with Crippen LogP contribution in [0.5, 0.6) is 23.0 Å². The van der Waals surface area contributed by atoms with E-state index in [1.165, 1.54) is 22.3 Å². The fourth-order valence-corrected chi connectivity index (χ4v) is 9.71. The molecule has 6 aromatic carbocycles. The monoisotopic (exact) mass is 999 g/mol. The maximum atomic E-state index is 11.6. The summed E-state index contributed by atoms with van der Waals surface area (Å²) in [5, 5.41) is 23.2. The predicted octanol–water partition coefficient (Wildman–Crippen LogP) is 20.0. The number of ether oxygens (including phenoxy) is 2. The number of unbranched alkanes of at least 4 members (excludes halogenated alkanes) is 3. The number of benzene rings is 6. The van der Waals surface area contributed by atoms with Crippen LogP contribution in [0.2, 0.25) is 0 Å². The third kappa shape index (κ3) is 14.1. The first kappa shape index (κ1) is 57.8. The molecule has 0 unspecified atom stereocenters. The molecule has 0 saturated heterocycles. The highest BCUT2D eigenvalue weighted by molar-refractivity contribution is 5.88. The minimum Gasteiger partial charge on any atom is -0.507 e. The number of phenols is 2. The molecule has 6 aromatic rings. The molecule has 0 aromatic heterocycles. The van der Waals surface area contributed by atoms with Crippen LogP contribution in [0.25, 0.3) is 44.5 Å². The van der Waals surface area contributed by atoms with E-state index in [1.54, 1.807) is 0 Å². The summed E-state index contributed by atoms with van der Waals surface area (Å²) in [6, 6.07) is 35.1. The van der Waals surface area contributed by atoms with Gasteiger partial charge in [-0.2, -0.15) is 0 Å².